The van der Waals surface area contributed by atoms with E-state index in [0.29, 0.717) is 23.8 Å². The number of hydrogen-bond donors (Lipinski definition) is 1. The molecule has 5 nitrogen and oxygen atoms in total. The van der Waals surface area contributed by atoms with Crippen LogP contribution < -0.4 is 5.32 Å². The van der Waals surface area contributed by atoms with E-state index in [1.807, 2.05) is 0 Å². The van der Waals surface area contributed by atoms with Gasteiger partial charge in [-0.2, -0.15) is 0 Å². The molecular weight excluding hydrogens is 230 g/mol. The third kappa shape index (κ3) is 1.80. The van der Waals surface area contributed by atoms with E-state index in [1.165, 1.54) is 11.3 Å². The highest BCUT2D eigenvalue weighted by Crippen LogP contribution is 2.21. The van der Waals surface area contributed by atoms with E-state index in [2.05, 4.69) is 10.3 Å². The van der Waals surface area contributed by atoms with E-state index in [4.69, 9.17) is 0 Å². The van der Waals surface area contributed by atoms with E-state index in [-0.39, 0.29) is 11.8 Å². The zero-order valence-electron chi connectivity index (χ0n) is 10.1. The molecule has 18 heavy (non-hydrogen) atoms. The highest BCUT2D eigenvalue weighted by Gasteiger charge is 2.36. The molecule has 3 heterocycles. The molecule has 2 amide bonds. The Morgan fingerprint density at radius 1 is 1.39 bits per heavy atom. The van der Waals surface area contributed by atoms with Crippen LogP contribution in [0, 0.1) is 0 Å². The summed E-state index contributed by atoms with van der Waals surface area (Å²) in [5.41, 5.74) is 0.726. The largest absolute Gasteiger partial charge is 0.314 e. The van der Waals surface area contributed by atoms with Gasteiger partial charge in [-0.25, -0.2) is 0 Å². The van der Waals surface area contributed by atoms with Gasteiger partial charge in [0, 0.05) is 18.8 Å². The molecule has 2 aliphatic heterocycles. The van der Waals surface area contributed by atoms with Gasteiger partial charge < -0.3 is 5.32 Å². The second-order valence-corrected chi connectivity index (χ2v) is 4.74. The number of amides is 2. The summed E-state index contributed by atoms with van der Waals surface area (Å²) in [5, 5.41) is 3.37. The maximum Gasteiger partial charge on any atom is 0.280 e. The van der Waals surface area contributed by atoms with Crippen LogP contribution in [0.15, 0.2) is 18.3 Å². The fraction of sp³-hybridized carbons (Fsp3) is 0.462. The van der Waals surface area contributed by atoms with Gasteiger partial charge in [-0.15, -0.1) is 0 Å². The molecular formula is C13H15N3O2. The molecule has 94 valence electrons. The van der Waals surface area contributed by atoms with Crippen molar-refractivity contribution >= 4 is 11.8 Å². The second kappa shape index (κ2) is 4.49. The Hall–Kier alpha value is -1.75. The predicted octanol–water partition coefficient (Wildman–Crippen LogP) is 0.820. The van der Waals surface area contributed by atoms with Crippen LogP contribution in [0.4, 0.5) is 0 Å². The maximum absolute atomic E-state index is 12.1. The highest BCUT2D eigenvalue weighted by atomic mass is 16.2. The highest BCUT2D eigenvalue weighted by molar-refractivity contribution is 6.20. The fourth-order valence-corrected chi connectivity index (χ4v) is 2.60. The van der Waals surface area contributed by atoms with Gasteiger partial charge in [-0.1, -0.05) is 0 Å². The summed E-state index contributed by atoms with van der Waals surface area (Å²) in [5.74, 6) is -0.463. The lowest BCUT2D eigenvalue weighted by atomic mass is 10.1. The molecule has 1 N–H and O–H groups in total. The third-order valence-electron chi connectivity index (χ3n) is 3.59. The molecule has 0 radical (unpaired) electrons. The number of imide groups is 1. The molecule has 0 saturated carbocycles. The van der Waals surface area contributed by atoms with Crippen LogP contribution >= 0.6 is 0 Å². The number of nitrogens with one attached hydrogen (secondary N) is 1. The molecule has 0 aliphatic carbocycles. The molecule has 1 aromatic heterocycles. The van der Waals surface area contributed by atoms with Crippen LogP contribution in [-0.2, 0) is 0 Å². The van der Waals surface area contributed by atoms with Crippen molar-refractivity contribution in [2.45, 2.75) is 25.3 Å². The van der Waals surface area contributed by atoms with Crippen molar-refractivity contribution in [3.8, 4) is 0 Å². The average Bonchev–Trinajstić information content (AvgIpc) is 2.98. The SMILES string of the molecule is O=C1c2cccnc2C(=O)N1CCC1CCCN1. The van der Waals surface area contributed by atoms with Gasteiger partial charge in [-0.05, 0) is 37.9 Å². The van der Waals surface area contributed by atoms with Gasteiger partial charge in [-0.3, -0.25) is 19.5 Å². The van der Waals surface area contributed by atoms with Gasteiger partial charge in [0.15, 0.2) is 0 Å². The normalized spacial score (nSPS) is 22.7. The number of hydrogen-bond acceptors (Lipinski definition) is 4. The molecule has 1 aromatic rings. The molecule has 0 spiro atoms. The van der Waals surface area contributed by atoms with E-state index < -0.39 is 0 Å². The molecule has 1 saturated heterocycles. The Labute approximate surface area is 105 Å². The van der Waals surface area contributed by atoms with E-state index >= 15 is 0 Å². The lowest BCUT2D eigenvalue weighted by Gasteiger charge is -2.16. The van der Waals surface area contributed by atoms with Crippen molar-refractivity contribution in [3.05, 3.63) is 29.6 Å². The molecule has 1 fully saturated rings. The minimum absolute atomic E-state index is 0.207. The van der Waals surface area contributed by atoms with Crippen molar-refractivity contribution in [1.82, 2.24) is 15.2 Å². The summed E-state index contributed by atoms with van der Waals surface area (Å²) in [6.07, 6.45) is 4.67. The first-order valence-electron chi connectivity index (χ1n) is 6.32. The summed E-state index contributed by atoms with van der Waals surface area (Å²) in [4.78, 5) is 29.4. The molecule has 2 aliphatic rings. The molecule has 3 rings (SSSR count). The lowest BCUT2D eigenvalue weighted by molar-refractivity contribution is 0.0647. The van der Waals surface area contributed by atoms with Crippen molar-refractivity contribution in [3.63, 3.8) is 0 Å². The van der Waals surface area contributed by atoms with Gasteiger partial charge in [0.1, 0.15) is 5.69 Å². The Kier molecular flexibility index (Phi) is 2.83. The average molecular weight is 245 g/mol. The van der Waals surface area contributed by atoms with Gasteiger partial charge in [0.2, 0.25) is 0 Å². The monoisotopic (exact) mass is 245 g/mol. The number of nitrogens with zero attached hydrogens (tertiary/aromatic N) is 2. The zero-order valence-corrected chi connectivity index (χ0v) is 10.1. The van der Waals surface area contributed by atoms with Crippen molar-refractivity contribution in [2.24, 2.45) is 0 Å². The van der Waals surface area contributed by atoms with Crippen molar-refractivity contribution < 1.29 is 9.59 Å². The first kappa shape index (κ1) is 11.3. The summed E-state index contributed by atoms with van der Waals surface area (Å²) >= 11 is 0. The van der Waals surface area contributed by atoms with E-state index in [9.17, 15) is 9.59 Å². The molecule has 0 aromatic carbocycles. The first-order chi connectivity index (χ1) is 8.77. The minimum atomic E-state index is -0.256. The second-order valence-electron chi connectivity index (χ2n) is 4.74. The number of aromatic nitrogens is 1. The number of carbonyl (C=O) groups excluding carboxylic acids is 2. The van der Waals surface area contributed by atoms with Crippen LogP contribution in [0.1, 0.15) is 40.1 Å². The van der Waals surface area contributed by atoms with E-state index in [0.717, 1.165) is 19.4 Å². The van der Waals surface area contributed by atoms with Crippen LogP contribution in [0.2, 0.25) is 0 Å². The zero-order chi connectivity index (χ0) is 12.5. The van der Waals surface area contributed by atoms with Gasteiger partial charge in [0.05, 0.1) is 5.56 Å². The minimum Gasteiger partial charge on any atom is -0.314 e. The van der Waals surface area contributed by atoms with Gasteiger partial charge >= 0.3 is 0 Å². The van der Waals surface area contributed by atoms with Crippen molar-refractivity contribution in [1.29, 1.82) is 0 Å². The maximum atomic E-state index is 12.1. The van der Waals surface area contributed by atoms with Crippen LogP contribution in [0.5, 0.6) is 0 Å². The Balaban J connectivity index is 1.71. The summed E-state index contributed by atoms with van der Waals surface area (Å²) < 4.78 is 0. The quantitative estimate of drug-likeness (QED) is 0.801. The predicted molar refractivity (Wildman–Crippen MR) is 65.2 cm³/mol. The Morgan fingerprint density at radius 3 is 3.00 bits per heavy atom. The van der Waals surface area contributed by atoms with Crippen molar-refractivity contribution in [2.75, 3.05) is 13.1 Å². The molecule has 0 bridgehead atoms. The molecule has 1 atom stereocenters. The summed E-state index contributed by atoms with van der Waals surface area (Å²) in [7, 11) is 0. The lowest BCUT2D eigenvalue weighted by Crippen LogP contribution is -2.34. The molecule has 5 heteroatoms. The van der Waals surface area contributed by atoms with Crippen LogP contribution in [0.3, 0.4) is 0 Å². The fourth-order valence-electron chi connectivity index (χ4n) is 2.60. The van der Waals surface area contributed by atoms with Gasteiger partial charge in [0.25, 0.3) is 11.8 Å². The van der Waals surface area contributed by atoms with Crippen LogP contribution in [0.25, 0.3) is 0 Å². The summed E-state index contributed by atoms with van der Waals surface area (Å²) in [6.45, 7) is 1.51. The number of fused-ring (bicyclic) bond motifs is 1. The topological polar surface area (TPSA) is 62.3 Å². The number of rotatable bonds is 3. The Bertz CT molecular complexity index is 460. The first-order valence-corrected chi connectivity index (χ1v) is 6.32. The van der Waals surface area contributed by atoms with E-state index in [1.54, 1.807) is 18.3 Å². The number of pyridine rings is 1. The molecule has 1 unspecified atom stereocenters. The summed E-state index contributed by atoms with van der Waals surface area (Å²) in [6, 6.07) is 3.78. The number of carbonyl (C=O) groups is 2. The standard InChI is InChI=1S/C13H15N3O2/c17-12-10-4-2-7-15-11(10)13(18)16(12)8-5-9-3-1-6-14-9/h2,4,7,9,14H,1,3,5-6,8H2. The Morgan fingerprint density at radius 2 is 2.28 bits per heavy atom. The smallest absolute Gasteiger partial charge is 0.280 e. The van der Waals surface area contributed by atoms with Crippen LogP contribution in [-0.4, -0.2) is 40.8 Å². The third-order valence-corrected chi connectivity index (χ3v) is 3.59.